The lowest BCUT2D eigenvalue weighted by Crippen LogP contribution is -2.39. The first kappa shape index (κ1) is 15.5. The number of likely N-dealkylation sites (tertiary alicyclic amines) is 1. The fourth-order valence-corrected chi connectivity index (χ4v) is 3.92. The topological polar surface area (TPSA) is 63.9 Å². The molecule has 1 aliphatic carbocycles. The predicted molar refractivity (Wildman–Crippen MR) is 97.9 cm³/mol. The van der Waals surface area contributed by atoms with Gasteiger partial charge in [-0.1, -0.05) is 18.2 Å². The molecule has 1 amide bonds. The zero-order valence-corrected chi connectivity index (χ0v) is 14.6. The van der Waals surface area contributed by atoms with Crippen LogP contribution in [0.4, 0.5) is 0 Å². The molecule has 1 saturated carbocycles. The summed E-state index contributed by atoms with van der Waals surface area (Å²) in [6, 6.07) is 10.4. The van der Waals surface area contributed by atoms with Crippen molar-refractivity contribution in [3.05, 3.63) is 54.2 Å². The number of benzene rings is 1. The van der Waals surface area contributed by atoms with Crippen molar-refractivity contribution in [3.63, 3.8) is 0 Å². The van der Waals surface area contributed by atoms with Crippen LogP contribution in [0.2, 0.25) is 0 Å². The van der Waals surface area contributed by atoms with Crippen LogP contribution in [-0.4, -0.2) is 43.6 Å². The van der Waals surface area contributed by atoms with Gasteiger partial charge in [0.05, 0.1) is 11.1 Å². The number of fused-ring (bicyclic) bond motifs is 1. The summed E-state index contributed by atoms with van der Waals surface area (Å²) >= 11 is 0. The van der Waals surface area contributed by atoms with Gasteiger partial charge in [0.1, 0.15) is 12.2 Å². The van der Waals surface area contributed by atoms with E-state index in [9.17, 15) is 4.79 Å². The third-order valence-electron chi connectivity index (χ3n) is 5.45. The molecule has 1 aromatic carbocycles. The highest BCUT2D eigenvalue weighted by atomic mass is 16.2. The van der Waals surface area contributed by atoms with E-state index in [2.05, 4.69) is 19.7 Å². The Labute approximate surface area is 151 Å². The Bertz CT molecular complexity index is 961. The van der Waals surface area contributed by atoms with E-state index < -0.39 is 0 Å². The zero-order chi connectivity index (χ0) is 17.5. The van der Waals surface area contributed by atoms with Crippen molar-refractivity contribution in [2.45, 2.75) is 37.6 Å². The van der Waals surface area contributed by atoms with Gasteiger partial charge in [-0.3, -0.25) is 9.78 Å². The first-order valence-electron chi connectivity index (χ1n) is 9.33. The Balaban J connectivity index is 1.38. The second kappa shape index (κ2) is 6.20. The fraction of sp³-hybridized carbons (Fsp3) is 0.400. The van der Waals surface area contributed by atoms with Gasteiger partial charge in [0, 0.05) is 36.6 Å². The molecule has 0 spiro atoms. The molecule has 0 bridgehead atoms. The third kappa shape index (κ3) is 2.75. The van der Waals surface area contributed by atoms with E-state index in [0.717, 1.165) is 36.1 Å². The summed E-state index contributed by atoms with van der Waals surface area (Å²) in [5.74, 6) is 1.37. The highest BCUT2D eigenvalue weighted by Crippen LogP contribution is 2.38. The number of pyridine rings is 1. The van der Waals surface area contributed by atoms with Gasteiger partial charge in [0.25, 0.3) is 5.91 Å². The van der Waals surface area contributed by atoms with Crippen LogP contribution in [0, 0.1) is 0 Å². The lowest BCUT2D eigenvalue weighted by Gasteiger charge is -2.32. The Morgan fingerprint density at radius 2 is 2.04 bits per heavy atom. The van der Waals surface area contributed by atoms with E-state index >= 15 is 0 Å². The van der Waals surface area contributed by atoms with Gasteiger partial charge in [0.15, 0.2) is 0 Å². The number of para-hydroxylation sites is 1. The van der Waals surface area contributed by atoms with Crippen LogP contribution in [0.5, 0.6) is 0 Å². The number of hydrogen-bond acceptors (Lipinski definition) is 4. The SMILES string of the molecule is O=C(c1cnc2ccccc2c1)N1CCCC(c2nncn2C2CC2)C1. The zero-order valence-electron chi connectivity index (χ0n) is 14.6. The normalized spacial score (nSPS) is 20.5. The van der Waals surface area contributed by atoms with Crippen LogP contribution in [0.15, 0.2) is 42.9 Å². The highest BCUT2D eigenvalue weighted by Gasteiger charge is 2.32. The number of aromatic nitrogens is 4. The molecule has 6 heteroatoms. The number of carbonyl (C=O) groups excluding carboxylic acids is 1. The van der Waals surface area contributed by atoms with Gasteiger partial charge in [0.2, 0.25) is 0 Å². The molecule has 3 heterocycles. The van der Waals surface area contributed by atoms with Crippen molar-refractivity contribution < 1.29 is 4.79 Å². The van der Waals surface area contributed by atoms with Crippen molar-refractivity contribution in [1.82, 2.24) is 24.6 Å². The Morgan fingerprint density at radius 1 is 1.15 bits per heavy atom. The fourth-order valence-electron chi connectivity index (χ4n) is 3.92. The standard InChI is InChI=1S/C20H21N5O/c26-20(16-10-14-4-1-2-6-18(14)21-11-16)24-9-3-5-15(12-24)19-23-22-13-25(19)17-7-8-17/h1-2,4,6,10-11,13,15,17H,3,5,7-9,12H2. The van der Waals surface area contributed by atoms with Gasteiger partial charge in [-0.25, -0.2) is 0 Å². The van der Waals surface area contributed by atoms with Crippen LogP contribution in [-0.2, 0) is 0 Å². The molecule has 3 aromatic rings. The number of carbonyl (C=O) groups is 1. The minimum Gasteiger partial charge on any atom is -0.338 e. The predicted octanol–water partition coefficient (Wildman–Crippen LogP) is 3.18. The molecular weight excluding hydrogens is 326 g/mol. The van der Waals surface area contributed by atoms with E-state index in [1.54, 1.807) is 6.20 Å². The summed E-state index contributed by atoms with van der Waals surface area (Å²) in [4.78, 5) is 19.4. The molecule has 1 unspecified atom stereocenters. The number of nitrogens with zero attached hydrogens (tertiary/aromatic N) is 5. The second-order valence-corrected chi connectivity index (χ2v) is 7.33. The molecule has 5 rings (SSSR count). The molecule has 1 aliphatic heterocycles. The third-order valence-corrected chi connectivity index (χ3v) is 5.45. The van der Waals surface area contributed by atoms with Crippen LogP contribution >= 0.6 is 0 Å². The molecule has 0 N–H and O–H groups in total. The van der Waals surface area contributed by atoms with E-state index in [-0.39, 0.29) is 11.8 Å². The molecule has 26 heavy (non-hydrogen) atoms. The maximum atomic E-state index is 13.0. The van der Waals surface area contributed by atoms with Crippen LogP contribution in [0.1, 0.15) is 53.8 Å². The molecule has 132 valence electrons. The summed E-state index contributed by atoms with van der Waals surface area (Å²) in [5.41, 5.74) is 1.58. The molecule has 1 saturated heterocycles. The van der Waals surface area contributed by atoms with Crippen molar-refractivity contribution in [1.29, 1.82) is 0 Å². The van der Waals surface area contributed by atoms with Gasteiger partial charge in [-0.15, -0.1) is 10.2 Å². The minimum atomic E-state index is 0.0606. The number of hydrogen-bond donors (Lipinski definition) is 0. The average molecular weight is 347 g/mol. The van der Waals surface area contributed by atoms with Crippen molar-refractivity contribution >= 4 is 16.8 Å². The quantitative estimate of drug-likeness (QED) is 0.730. The molecule has 2 fully saturated rings. The van der Waals surface area contributed by atoms with Crippen LogP contribution < -0.4 is 0 Å². The monoisotopic (exact) mass is 347 g/mol. The Kier molecular flexibility index (Phi) is 3.69. The Hall–Kier alpha value is -2.76. The molecule has 1 atom stereocenters. The minimum absolute atomic E-state index is 0.0606. The first-order valence-corrected chi connectivity index (χ1v) is 9.33. The average Bonchev–Trinajstić information content (AvgIpc) is 3.43. The van der Waals surface area contributed by atoms with Gasteiger partial charge in [-0.05, 0) is 37.8 Å². The summed E-state index contributed by atoms with van der Waals surface area (Å²) in [5, 5.41) is 9.49. The maximum Gasteiger partial charge on any atom is 0.255 e. The van der Waals surface area contributed by atoms with Gasteiger partial charge < -0.3 is 9.47 Å². The van der Waals surface area contributed by atoms with Crippen molar-refractivity contribution in [3.8, 4) is 0 Å². The van der Waals surface area contributed by atoms with E-state index in [1.807, 2.05) is 41.6 Å². The van der Waals surface area contributed by atoms with E-state index in [0.29, 0.717) is 18.2 Å². The second-order valence-electron chi connectivity index (χ2n) is 7.33. The molecule has 0 radical (unpaired) electrons. The Morgan fingerprint density at radius 3 is 2.92 bits per heavy atom. The van der Waals surface area contributed by atoms with Crippen LogP contribution in [0.25, 0.3) is 10.9 Å². The first-order chi connectivity index (χ1) is 12.8. The highest BCUT2D eigenvalue weighted by molar-refractivity contribution is 5.97. The van der Waals surface area contributed by atoms with E-state index in [1.165, 1.54) is 12.8 Å². The summed E-state index contributed by atoms with van der Waals surface area (Å²) in [6.45, 7) is 1.50. The summed E-state index contributed by atoms with van der Waals surface area (Å²) in [6.07, 6.45) is 8.02. The summed E-state index contributed by atoms with van der Waals surface area (Å²) < 4.78 is 2.22. The largest absolute Gasteiger partial charge is 0.338 e. The van der Waals surface area contributed by atoms with Crippen molar-refractivity contribution in [2.24, 2.45) is 0 Å². The maximum absolute atomic E-state index is 13.0. The number of rotatable bonds is 3. The van der Waals surface area contributed by atoms with Crippen molar-refractivity contribution in [2.75, 3.05) is 13.1 Å². The van der Waals surface area contributed by atoms with E-state index in [4.69, 9.17) is 0 Å². The molecule has 2 aliphatic rings. The molecule has 6 nitrogen and oxygen atoms in total. The lowest BCUT2D eigenvalue weighted by molar-refractivity contribution is 0.0703. The summed E-state index contributed by atoms with van der Waals surface area (Å²) in [7, 11) is 0. The lowest BCUT2D eigenvalue weighted by atomic mass is 9.96. The van der Waals surface area contributed by atoms with Gasteiger partial charge in [-0.2, -0.15) is 0 Å². The molecule has 2 aromatic heterocycles. The number of piperidine rings is 1. The van der Waals surface area contributed by atoms with Crippen LogP contribution in [0.3, 0.4) is 0 Å². The smallest absolute Gasteiger partial charge is 0.255 e. The molecular formula is C20H21N5O. The number of amides is 1. The van der Waals surface area contributed by atoms with Gasteiger partial charge >= 0.3 is 0 Å².